The summed E-state index contributed by atoms with van der Waals surface area (Å²) >= 11 is 1.58. The minimum Gasteiger partial charge on any atom is -0.378 e. The van der Waals surface area contributed by atoms with Crippen LogP contribution in [0.5, 0.6) is 0 Å². The molecule has 0 bridgehead atoms. The van der Waals surface area contributed by atoms with Crippen LogP contribution in [0.3, 0.4) is 0 Å². The fraction of sp³-hybridized carbons (Fsp3) is 0.706. The number of likely N-dealkylation sites (tertiary alicyclic amines) is 1. The van der Waals surface area contributed by atoms with Crippen molar-refractivity contribution in [3.05, 3.63) is 22.4 Å². The predicted molar refractivity (Wildman–Crippen MR) is 85.2 cm³/mol. The SMILES string of the molecule is O=C(c1ccsc1)N1CC[C@@H]2O[C@@H](COCC3CC3)CC[C@@H]21. The molecule has 0 N–H and O–H groups in total. The first-order valence-electron chi connectivity index (χ1n) is 8.37. The van der Waals surface area contributed by atoms with Gasteiger partial charge in [-0.1, -0.05) is 0 Å². The zero-order chi connectivity index (χ0) is 14.9. The van der Waals surface area contributed by atoms with E-state index in [9.17, 15) is 4.79 Å². The van der Waals surface area contributed by atoms with Crippen molar-refractivity contribution in [2.24, 2.45) is 5.92 Å². The lowest BCUT2D eigenvalue weighted by molar-refractivity contribution is -0.0972. The van der Waals surface area contributed by atoms with E-state index in [1.54, 1.807) is 11.3 Å². The summed E-state index contributed by atoms with van der Waals surface area (Å²) in [7, 11) is 0. The van der Waals surface area contributed by atoms with Crippen molar-refractivity contribution in [1.29, 1.82) is 0 Å². The van der Waals surface area contributed by atoms with Crippen LogP contribution >= 0.6 is 11.3 Å². The zero-order valence-corrected chi connectivity index (χ0v) is 13.6. The number of rotatable bonds is 5. The second-order valence-electron chi connectivity index (χ2n) is 6.72. The highest BCUT2D eigenvalue weighted by Crippen LogP contribution is 2.33. The van der Waals surface area contributed by atoms with E-state index >= 15 is 0 Å². The molecule has 0 unspecified atom stereocenters. The average molecular weight is 321 g/mol. The van der Waals surface area contributed by atoms with Gasteiger partial charge in [0.05, 0.1) is 30.4 Å². The molecular formula is C17H23NO3S. The standard InChI is InChI=1S/C17H23NO3S/c19-17(13-6-8-22-11-13)18-7-5-16-15(18)4-3-14(21-16)10-20-9-12-1-2-12/h6,8,11-12,14-16H,1-5,7,9-10H2/t14-,15+,16+/m1/s1. The van der Waals surface area contributed by atoms with Crippen LogP contribution in [0, 0.1) is 5.92 Å². The third-order valence-electron chi connectivity index (χ3n) is 5.02. The van der Waals surface area contributed by atoms with Gasteiger partial charge in [-0.3, -0.25) is 4.79 Å². The van der Waals surface area contributed by atoms with Gasteiger partial charge in [0.25, 0.3) is 5.91 Å². The molecule has 1 aromatic rings. The molecule has 22 heavy (non-hydrogen) atoms. The van der Waals surface area contributed by atoms with Crippen molar-refractivity contribution in [3.63, 3.8) is 0 Å². The van der Waals surface area contributed by atoms with E-state index in [1.165, 1.54) is 12.8 Å². The average Bonchev–Trinajstić information content (AvgIpc) is 3.04. The van der Waals surface area contributed by atoms with Crippen LogP contribution in [0.4, 0.5) is 0 Å². The summed E-state index contributed by atoms with van der Waals surface area (Å²) in [5, 5.41) is 3.90. The fourth-order valence-electron chi connectivity index (χ4n) is 3.58. The molecular weight excluding hydrogens is 298 g/mol. The van der Waals surface area contributed by atoms with Gasteiger partial charge >= 0.3 is 0 Å². The molecule has 4 rings (SSSR count). The number of carbonyl (C=O) groups is 1. The lowest BCUT2D eigenvalue weighted by Gasteiger charge is -2.35. The van der Waals surface area contributed by atoms with Crippen LogP contribution < -0.4 is 0 Å². The highest BCUT2D eigenvalue weighted by molar-refractivity contribution is 7.08. The smallest absolute Gasteiger partial charge is 0.255 e. The number of hydrogen-bond donors (Lipinski definition) is 0. The zero-order valence-electron chi connectivity index (χ0n) is 12.8. The topological polar surface area (TPSA) is 38.8 Å². The highest BCUT2D eigenvalue weighted by Gasteiger charge is 2.42. The summed E-state index contributed by atoms with van der Waals surface area (Å²) in [5.41, 5.74) is 0.820. The van der Waals surface area contributed by atoms with Gasteiger partial charge in [-0.2, -0.15) is 11.3 Å². The Morgan fingerprint density at radius 3 is 2.95 bits per heavy atom. The van der Waals surface area contributed by atoms with Crippen molar-refractivity contribution in [2.75, 3.05) is 19.8 Å². The minimum atomic E-state index is 0.167. The molecule has 0 radical (unpaired) electrons. The number of ether oxygens (including phenoxy) is 2. The van der Waals surface area contributed by atoms with Gasteiger partial charge in [0.1, 0.15) is 0 Å². The molecule has 3 heterocycles. The number of thiophene rings is 1. The Hall–Kier alpha value is -0.910. The van der Waals surface area contributed by atoms with Crippen molar-refractivity contribution in [1.82, 2.24) is 4.90 Å². The van der Waals surface area contributed by atoms with Gasteiger partial charge < -0.3 is 14.4 Å². The molecule has 3 aliphatic rings. The van der Waals surface area contributed by atoms with Crippen LogP contribution in [0.1, 0.15) is 42.5 Å². The van der Waals surface area contributed by atoms with E-state index in [2.05, 4.69) is 0 Å². The second-order valence-corrected chi connectivity index (χ2v) is 7.50. The molecule has 1 aliphatic carbocycles. The van der Waals surface area contributed by atoms with Gasteiger partial charge in [-0.15, -0.1) is 0 Å². The van der Waals surface area contributed by atoms with E-state index in [-0.39, 0.29) is 24.2 Å². The molecule has 1 saturated carbocycles. The molecule has 3 atom stereocenters. The summed E-state index contributed by atoms with van der Waals surface area (Å²) < 4.78 is 12.0. The van der Waals surface area contributed by atoms with Gasteiger partial charge in [0, 0.05) is 18.5 Å². The third-order valence-corrected chi connectivity index (χ3v) is 5.70. The third kappa shape index (κ3) is 3.07. The predicted octanol–water partition coefficient (Wildman–Crippen LogP) is 2.94. The maximum atomic E-state index is 12.6. The van der Waals surface area contributed by atoms with Gasteiger partial charge in [-0.05, 0) is 49.5 Å². The Morgan fingerprint density at radius 1 is 1.27 bits per heavy atom. The number of amides is 1. The summed E-state index contributed by atoms with van der Waals surface area (Å²) in [5.74, 6) is 0.974. The molecule has 1 amide bonds. The highest BCUT2D eigenvalue weighted by atomic mass is 32.1. The Morgan fingerprint density at radius 2 is 2.18 bits per heavy atom. The van der Waals surface area contributed by atoms with Crippen molar-refractivity contribution >= 4 is 17.2 Å². The van der Waals surface area contributed by atoms with Crippen molar-refractivity contribution in [2.45, 2.75) is 50.4 Å². The second kappa shape index (κ2) is 6.30. The number of hydrogen-bond acceptors (Lipinski definition) is 4. The molecule has 3 fully saturated rings. The molecule has 1 aromatic heterocycles. The Kier molecular flexibility index (Phi) is 4.20. The first-order valence-corrected chi connectivity index (χ1v) is 9.32. The first kappa shape index (κ1) is 14.7. The largest absolute Gasteiger partial charge is 0.378 e. The first-order chi connectivity index (χ1) is 10.8. The number of carbonyl (C=O) groups excluding carboxylic acids is 1. The van der Waals surface area contributed by atoms with E-state index in [0.29, 0.717) is 0 Å². The molecule has 0 aromatic carbocycles. The molecule has 120 valence electrons. The van der Waals surface area contributed by atoms with Gasteiger partial charge in [0.2, 0.25) is 0 Å². The summed E-state index contributed by atoms with van der Waals surface area (Å²) in [4.78, 5) is 14.6. The molecule has 0 spiro atoms. The Balaban J connectivity index is 1.30. The van der Waals surface area contributed by atoms with Crippen LogP contribution in [0.15, 0.2) is 16.8 Å². The van der Waals surface area contributed by atoms with Gasteiger partial charge in [-0.25, -0.2) is 0 Å². The van der Waals surface area contributed by atoms with E-state index in [0.717, 1.165) is 50.5 Å². The van der Waals surface area contributed by atoms with E-state index < -0.39 is 0 Å². The number of nitrogens with zero attached hydrogens (tertiary/aromatic N) is 1. The molecule has 5 heteroatoms. The number of fused-ring (bicyclic) bond motifs is 1. The Labute approximate surface area is 135 Å². The maximum absolute atomic E-state index is 12.6. The lowest BCUT2D eigenvalue weighted by atomic mass is 9.99. The van der Waals surface area contributed by atoms with Crippen LogP contribution in [-0.4, -0.2) is 48.8 Å². The van der Waals surface area contributed by atoms with Crippen LogP contribution in [0.2, 0.25) is 0 Å². The van der Waals surface area contributed by atoms with E-state index in [4.69, 9.17) is 9.47 Å². The van der Waals surface area contributed by atoms with Crippen LogP contribution in [0.25, 0.3) is 0 Å². The summed E-state index contributed by atoms with van der Waals surface area (Å²) in [6.07, 6.45) is 6.07. The molecule has 2 saturated heterocycles. The summed E-state index contributed by atoms with van der Waals surface area (Å²) in [6, 6.07) is 2.17. The lowest BCUT2D eigenvalue weighted by Crippen LogP contribution is -2.45. The molecule has 4 nitrogen and oxygen atoms in total. The monoisotopic (exact) mass is 321 g/mol. The van der Waals surface area contributed by atoms with E-state index in [1.807, 2.05) is 21.7 Å². The fourth-order valence-corrected chi connectivity index (χ4v) is 4.20. The van der Waals surface area contributed by atoms with Crippen molar-refractivity contribution in [3.8, 4) is 0 Å². The molecule has 2 aliphatic heterocycles. The van der Waals surface area contributed by atoms with Crippen LogP contribution in [-0.2, 0) is 9.47 Å². The van der Waals surface area contributed by atoms with Crippen molar-refractivity contribution < 1.29 is 14.3 Å². The summed E-state index contributed by atoms with van der Waals surface area (Å²) in [6.45, 7) is 2.44. The maximum Gasteiger partial charge on any atom is 0.255 e. The normalized spacial score (nSPS) is 31.3. The minimum absolute atomic E-state index is 0.167. The quantitative estimate of drug-likeness (QED) is 0.837. The van der Waals surface area contributed by atoms with Gasteiger partial charge in [0.15, 0.2) is 0 Å². The Bertz CT molecular complexity index is 514.